The summed E-state index contributed by atoms with van der Waals surface area (Å²) in [6, 6.07) is 8.40. The van der Waals surface area contributed by atoms with Crippen molar-refractivity contribution in [1.82, 2.24) is 10.2 Å². The van der Waals surface area contributed by atoms with Crippen LogP contribution < -0.4 is 15.8 Å². The number of carbonyl (C=O) groups excluding carboxylic acids is 1. The van der Waals surface area contributed by atoms with E-state index in [-0.39, 0.29) is 17.6 Å². The second-order valence-electron chi connectivity index (χ2n) is 7.98. The molecule has 1 aliphatic heterocycles. The number of likely N-dealkylation sites (tertiary alicyclic amines) is 1. The highest BCUT2D eigenvalue weighted by molar-refractivity contribution is 6.35. The number of hydrogen-bond acceptors (Lipinski definition) is 4. The number of guanidine groups is 1. The third-order valence-electron chi connectivity index (χ3n) is 5.75. The highest BCUT2D eigenvalue weighted by atomic mass is 35.5. The molecule has 0 saturated carbocycles. The maximum Gasteiger partial charge on any atom is 0.251 e. The van der Waals surface area contributed by atoms with Crippen LogP contribution in [0.4, 0.5) is 0 Å². The summed E-state index contributed by atoms with van der Waals surface area (Å²) in [6.45, 7) is 4.05. The zero-order valence-corrected chi connectivity index (χ0v) is 19.5. The molecule has 32 heavy (non-hydrogen) atoms. The fourth-order valence-corrected chi connectivity index (χ4v) is 4.17. The Bertz CT molecular complexity index is 991. The number of nitrogens with two attached hydrogens (primary N) is 1. The summed E-state index contributed by atoms with van der Waals surface area (Å²) in [5.74, 6) is 0.615. The van der Waals surface area contributed by atoms with Crippen LogP contribution in [0.2, 0.25) is 10.0 Å². The number of piperidine rings is 1. The van der Waals surface area contributed by atoms with Gasteiger partial charge in [-0.2, -0.15) is 0 Å². The number of rotatable bonds is 7. The Hall–Kier alpha value is -2.64. The largest absolute Gasteiger partial charge is 0.508 e. The van der Waals surface area contributed by atoms with Crippen molar-refractivity contribution in [2.75, 3.05) is 26.2 Å². The van der Waals surface area contributed by atoms with E-state index in [2.05, 4.69) is 5.32 Å². The number of carbonyl (C=O) groups is 1. The maximum absolute atomic E-state index is 12.7. The first-order valence-corrected chi connectivity index (χ1v) is 11.3. The van der Waals surface area contributed by atoms with Crippen molar-refractivity contribution in [2.45, 2.75) is 26.2 Å². The van der Waals surface area contributed by atoms with Crippen LogP contribution >= 0.6 is 23.2 Å². The van der Waals surface area contributed by atoms with Crippen molar-refractivity contribution in [1.29, 1.82) is 5.41 Å². The first-order chi connectivity index (χ1) is 15.2. The molecule has 172 valence electrons. The molecule has 0 aliphatic carbocycles. The Morgan fingerprint density at radius 1 is 1.28 bits per heavy atom. The van der Waals surface area contributed by atoms with Gasteiger partial charge in [0.25, 0.3) is 5.91 Å². The zero-order chi connectivity index (χ0) is 23.3. The molecule has 0 atom stereocenters. The van der Waals surface area contributed by atoms with Gasteiger partial charge >= 0.3 is 0 Å². The lowest BCUT2D eigenvalue weighted by Gasteiger charge is -2.32. The smallest absolute Gasteiger partial charge is 0.251 e. The number of phenols is 1. The van der Waals surface area contributed by atoms with Crippen molar-refractivity contribution in [2.24, 2.45) is 11.7 Å². The standard InChI is InChI=1S/C23H28Cl2N4O3/c1-14-20(30)10-17(22(31)28-13-15-4-7-29(8-5-15)23(26)27)11-21(14)32-9-6-16-2-3-18(24)12-19(16)25/h2-3,10-12,15,30H,4-9,13H2,1H3,(H3,26,27)(H,28,31). The molecule has 0 bridgehead atoms. The molecule has 0 unspecified atom stereocenters. The van der Waals surface area contributed by atoms with Crippen LogP contribution in [0.15, 0.2) is 30.3 Å². The number of nitrogens with one attached hydrogen (secondary N) is 2. The van der Waals surface area contributed by atoms with Crippen molar-refractivity contribution in [3.63, 3.8) is 0 Å². The molecular weight excluding hydrogens is 451 g/mol. The predicted octanol–water partition coefficient (Wildman–Crippen LogP) is 3.96. The van der Waals surface area contributed by atoms with Crippen LogP contribution in [0.1, 0.15) is 34.3 Å². The third kappa shape index (κ3) is 6.20. The fraction of sp³-hybridized carbons (Fsp3) is 0.391. The molecule has 2 aromatic rings. The van der Waals surface area contributed by atoms with Gasteiger partial charge < -0.3 is 25.8 Å². The van der Waals surface area contributed by atoms with Crippen LogP contribution in [0.3, 0.4) is 0 Å². The van der Waals surface area contributed by atoms with Gasteiger partial charge in [-0.1, -0.05) is 29.3 Å². The molecule has 1 aliphatic rings. The second kappa shape index (κ2) is 10.8. The van der Waals surface area contributed by atoms with Crippen molar-refractivity contribution in [3.8, 4) is 11.5 Å². The third-order valence-corrected chi connectivity index (χ3v) is 6.33. The molecule has 1 fully saturated rings. The summed E-state index contributed by atoms with van der Waals surface area (Å²) in [5, 5.41) is 21.9. The van der Waals surface area contributed by atoms with Gasteiger partial charge in [-0.3, -0.25) is 10.2 Å². The first-order valence-electron chi connectivity index (χ1n) is 10.5. The Morgan fingerprint density at radius 3 is 2.66 bits per heavy atom. The fourth-order valence-electron chi connectivity index (χ4n) is 3.67. The molecule has 5 N–H and O–H groups in total. The molecule has 1 saturated heterocycles. The van der Waals surface area contributed by atoms with Crippen LogP contribution in [-0.4, -0.2) is 48.1 Å². The van der Waals surface area contributed by atoms with E-state index in [4.69, 9.17) is 39.1 Å². The van der Waals surface area contributed by atoms with E-state index in [0.29, 0.717) is 52.4 Å². The molecule has 0 aromatic heterocycles. The van der Waals surface area contributed by atoms with Gasteiger partial charge in [0.2, 0.25) is 0 Å². The summed E-state index contributed by atoms with van der Waals surface area (Å²) < 4.78 is 5.86. The highest BCUT2D eigenvalue weighted by Crippen LogP contribution is 2.29. The van der Waals surface area contributed by atoms with Gasteiger partial charge in [0.15, 0.2) is 5.96 Å². The number of ether oxygens (including phenoxy) is 1. The predicted molar refractivity (Wildman–Crippen MR) is 127 cm³/mol. The molecule has 1 amide bonds. The van der Waals surface area contributed by atoms with Gasteiger partial charge in [0.05, 0.1) is 6.61 Å². The second-order valence-corrected chi connectivity index (χ2v) is 8.82. The summed E-state index contributed by atoms with van der Waals surface area (Å²) in [6.07, 6.45) is 2.28. The molecule has 3 rings (SSSR count). The number of hydrogen-bond donors (Lipinski definition) is 4. The van der Waals surface area contributed by atoms with E-state index < -0.39 is 0 Å². The molecule has 1 heterocycles. The summed E-state index contributed by atoms with van der Waals surface area (Å²) >= 11 is 12.1. The summed E-state index contributed by atoms with van der Waals surface area (Å²) in [7, 11) is 0. The van der Waals surface area contributed by atoms with E-state index in [1.807, 2.05) is 11.0 Å². The highest BCUT2D eigenvalue weighted by Gasteiger charge is 2.21. The Labute approximate surface area is 198 Å². The number of aromatic hydroxyl groups is 1. The summed E-state index contributed by atoms with van der Waals surface area (Å²) in [4.78, 5) is 14.5. The Kier molecular flexibility index (Phi) is 8.10. The lowest BCUT2D eigenvalue weighted by molar-refractivity contribution is 0.0940. The van der Waals surface area contributed by atoms with Crippen LogP contribution in [0.5, 0.6) is 11.5 Å². The lowest BCUT2D eigenvalue weighted by atomic mass is 9.97. The van der Waals surface area contributed by atoms with E-state index in [9.17, 15) is 9.90 Å². The van der Waals surface area contributed by atoms with Gasteiger partial charge in [0, 0.05) is 47.2 Å². The molecular formula is C23H28Cl2N4O3. The number of halogens is 2. The minimum Gasteiger partial charge on any atom is -0.508 e. The average molecular weight is 479 g/mol. The molecule has 7 nitrogen and oxygen atoms in total. The van der Waals surface area contributed by atoms with Crippen LogP contribution in [-0.2, 0) is 6.42 Å². The molecule has 2 aromatic carbocycles. The van der Waals surface area contributed by atoms with Crippen molar-refractivity contribution in [3.05, 3.63) is 57.1 Å². The molecule has 0 spiro atoms. The number of nitrogens with zero attached hydrogens (tertiary/aromatic N) is 1. The number of benzene rings is 2. The van der Waals surface area contributed by atoms with Gasteiger partial charge in [-0.25, -0.2) is 0 Å². The van der Waals surface area contributed by atoms with Gasteiger partial charge in [0.1, 0.15) is 11.5 Å². The van der Waals surface area contributed by atoms with Crippen molar-refractivity contribution >= 4 is 35.1 Å². The number of amides is 1. The van der Waals surface area contributed by atoms with E-state index in [0.717, 1.165) is 31.5 Å². The zero-order valence-electron chi connectivity index (χ0n) is 18.0. The van der Waals surface area contributed by atoms with Crippen molar-refractivity contribution < 1.29 is 14.6 Å². The minimum atomic E-state index is -0.264. The molecule has 0 radical (unpaired) electrons. The maximum atomic E-state index is 12.7. The first kappa shape index (κ1) is 24.0. The topological polar surface area (TPSA) is 112 Å². The van der Waals surface area contributed by atoms with Crippen LogP contribution in [0, 0.1) is 18.3 Å². The van der Waals surface area contributed by atoms with Crippen LogP contribution in [0.25, 0.3) is 0 Å². The SMILES string of the molecule is Cc1c(O)cc(C(=O)NCC2CCN(C(=N)N)CC2)cc1OCCc1ccc(Cl)cc1Cl. The minimum absolute atomic E-state index is 0.00643. The molecule has 9 heteroatoms. The van der Waals surface area contributed by atoms with Gasteiger partial charge in [-0.15, -0.1) is 0 Å². The quantitative estimate of drug-likeness (QED) is 0.355. The van der Waals surface area contributed by atoms with Gasteiger partial charge in [-0.05, 0) is 55.5 Å². The van der Waals surface area contributed by atoms with E-state index in [1.165, 1.54) is 6.07 Å². The van der Waals surface area contributed by atoms with E-state index >= 15 is 0 Å². The summed E-state index contributed by atoms with van der Waals surface area (Å²) in [5.41, 5.74) is 7.34. The average Bonchev–Trinajstić information content (AvgIpc) is 2.76. The van der Waals surface area contributed by atoms with E-state index in [1.54, 1.807) is 25.1 Å². The number of phenolic OH excluding ortho intramolecular Hbond substituents is 1. The normalized spacial score (nSPS) is 14.3. The Morgan fingerprint density at radius 2 is 2.00 bits per heavy atom. The monoisotopic (exact) mass is 478 g/mol. The lowest BCUT2D eigenvalue weighted by Crippen LogP contribution is -2.44. The Balaban J connectivity index is 1.56.